The van der Waals surface area contributed by atoms with Gasteiger partial charge in [-0.3, -0.25) is 13.9 Å². The molecule has 3 aromatic carbocycles. The highest BCUT2D eigenvalue weighted by atomic mass is 32.2. The Morgan fingerprint density at radius 3 is 2.53 bits per heavy atom. The number of rotatable bonds is 10. The van der Waals surface area contributed by atoms with Gasteiger partial charge in [-0.1, -0.05) is 18.2 Å². The van der Waals surface area contributed by atoms with Gasteiger partial charge in [0.15, 0.2) is 11.5 Å². The second-order valence-electron chi connectivity index (χ2n) is 8.14. The number of anilines is 2. The number of hydrogen-bond acceptors (Lipinski definition) is 7. The molecule has 38 heavy (non-hydrogen) atoms. The van der Waals surface area contributed by atoms with E-state index in [4.69, 9.17) is 14.2 Å². The lowest BCUT2D eigenvalue weighted by Gasteiger charge is -2.25. The number of halogens is 1. The van der Waals surface area contributed by atoms with Crippen molar-refractivity contribution in [3.63, 3.8) is 0 Å². The van der Waals surface area contributed by atoms with Crippen molar-refractivity contribution in [2.75, 3.05) is 49.6 Å². The monoisotopic (exact) mass is 543 g/mol. The van der Waals surface area contributed by atoms with Crippen LogP contribution in [-0.4, -0.2) is 60.3 Å². The number of fused-ring (bicyclic) bond motifs is 1. The van der Waals surface area contributed by atoms with E-state index >= 15 is 0 Å². The fourth-order valence-corrected chi connectivity index (χ4v) is 5.16. The lowest BCUT2D eigenvalue weighted by Crippen LogP contribution is -2.38. The number of carbonyl (C=O) groups excluding carboxylic acids is 2. The molecule has 1 aliphatic heterocycles. The molecular weight excluding hydrogens is 517 g/mol. The Kier molecular flexibility index (Phi) is 8.44. The maximum atomic E-state index is 14.1. The van der Waals surface area contributed by atoms with E-state index in [1.807, 2.05) is 0 Å². The number of nitrogens with one attached hydrogen (secondary N) is 2. The first-order valence-electron chi connectivity index (χ1n) is 11.6. The van der Waals surface area contributed by atoms with Crippen LogP contribution < -0.4 is 24.4 Å². The number of amides is 2. The molecule has 3 aromatic rings. The fourth-order valence-electron chi connectivity index (χ4n) is 3.73. The highest BCUT2D eigenvalue weighted by Gasteiger charge is 2.29. The summed E-state index contributed by atoms with van der Waals surface area (Å²) in [5.74, 6) is -1.22. The summed E-state index contributed by atoms with van der Waals surface area (Å²) in [4.78, 5) is 25.5. The average molecular weight is 544 g/mol. The zero-order valence-corrected chi connectivity index (χ0v) is 21.3. The highest BCUT2D eigenvalue weighted by Crippen LogP contribution is 2.34. The number of ether oxygens (including phenoxy) is 3. The first-order valence-corrected chi connectivity index (χ1v) is 13.1. The van der Waals surface area contributed by atoms with Crippen LogP contribution in [0.15, 0.2) is 71.6 Å². The topological polar surface area (TPSA) is 123 Å². The Labute approximate surface area is 219 Å². The van der Waals surface area contributed by atoms with Crippen LogP contribution in [0.4, 0.5) is 15.8 Å². The number of carbonyl (C=O) groups is 2. The summed E-state index contributed by atoms with van der Waals surface area (Å²) >= 11 is 0. The van der Waals surface area contributed by atoms with Crippen molar-refractivity contribution in [3.05, 3.63) is 78.1 Å². The van der Waals surface area contributed by atoms with Crippen LogP contribution >= 0.6 is 0 Å². The van der Waals surface area contributed by atoms with Crippen LogP contribution in [0.3, 0.4) is 0 Å². The molecule has 2 amide bonds. The minimum atomic E-state index is -4.36. The van der Waals surface area contributed by atoms with Gasteiger partial charge in [-0.15, -0.1) is 0 Å². The highest BCUT2D eigenvalue weighted by molar-refractivity contribution is 7.92. The van der Waals surface area contributed by atoms with Gasteiger partial charge in [0.05, 0.1) is 28.4 Å². The fraction of sp³-hybridized carbons (Fsp3) is 0.231. The third kappa shape index (κ3) is 6.21. The molecule has 0 spiro atoms. The molecule has 4 rings (SSSR count). The van der Waals surface area contributed by atoms with E-state index in [1.54, 1.807) is 12.1 Å². The second kappa shape index (κ2) is 11.9. The quantitative estimate of drug-likeness (QED) is 0.377. The standard InChI is InChI=1S/C26H26FN3O7S/c1-35-12-11-28-26(32)21-7-2-3-8-22(21)29-25(31)17-30(19-6-4-5-18(27)15-19)38(33,34)20-9-10-23-24(16-20)37-14-13-36-23/h2-10,15-16H,11-14,17H2,1H3,(H,28,32)(H,29,31). The first-order chi connectivity index (χ1) is 18.3. The molecule has 0 radical (unpaired) electrons. The normalized spacial score (nSPS) is 12.5. The SMILES string of the molecule is COCCNC(=O)c1ccccc1NC(=O)CN(c1cccc(F)c1)S(=O)(=O)c1ccc2c(c1)OCCO2. The van der Waals surface area contributed by atoms with Crippen molar-refractivity contribution in [3.8, 4) is 11.5 Å². The summed E-state index contributed by atoms with van der Waals surface area (Å²) in [7, 11) is -2.85. The largest absolute Gasteiger partial charge is 0.486 e. The zero-order chi connectivity index (χ0) is 27.1. The van der Waals surface area contributed by atoms with Crippen molar-refractivity contribution >= 4 is 33.2 Å². The summed E-state index contributed by atoms with van der Waals surface area (Å²) in [6, 6.07) is 15.3. The predicted octanol–water partition coefficient (Wildman–Crippen LogP) is 2.81. The molecule has 1 heterocycles. The Morgan fingerprint density at radius 2 is 1.76 bits per heavy atom. The third-order valence-electron chi connectivity index (χ3n) is 5.52. The molecule has 0 atom stereocenters. The van der Waals surface area contributed by atoms with Gasteiger partial charge in [-0.2, -0.15) is 0 Å². The van der Waals surface area contributed by atoms with Crippen LogP contribution in [0.25, 0.3) is 0 Å². The maximum Gasteiger partial charge on any atom is 0.264 e. The Morgan fingerprint density at radius 1 is 1.00 bits per heavy atom. The summed E-state index contributed by atoms with van der Waals surface area (Å²) in [6.45, 7) is 0.463. The smallest absolute Gasteiger partial charge is 0.264 e. The zero-order valence-electron chi connectivity index (χ0n) is 20.5. The van der Waals surface area contributed by atoms with Crippen molar-refractivity contribution in [1.82, 2.24) is 5.32 Å². The van der Waals surface area contributed by atoms with Gasteiger partial charge in [0.2, 0.25) is 5.91 Å². The minimum Gasteiger partial charge on any atom is -0.486 e. The molecule has 2 N–H and O–H groups in total. The Hall–Kier alpha value is -4.16. The third-order valence-corrected chi connectivity index (χ3v) is 7.29. The Bertz CT molecular complexity index is 1430. The summed E-state index contributed by atoms with van der Waals surface area (Å²) in [5, 5.41) is 5.27. The van der Waals surface area contributed by atoms with E-state index in [0.29, 0.717) is 19.0 Å². The van der Waals surface area contributed by atoms with E-state index in [-0.39, 0.29) is 40.7 Å². The lowest BCUT2D eigenvalue weighted by molar-refractivity contribution is -0.114. The predicted molar refractivity (Wildman–Crippen MR) is 138 cm³/mol. The second-order valence-corrected chi connectivity index (χ2v) is 10.0. The molecule has 200 valence electrons. The average Bonchev–Trinajstić information content (AvgIpc) is 2.91. The molecule has 0 aromatic heterocycles. The molecule has 0 unspecified atom stereocenters. The molecule has 1 aliphatic rings. The van der Waals surface area contributed by atoms with Gasteiger partial charge in [0, 0.05) is 19.7 Å². The number of sulfonamides is 1. The molecule has 0 fully saturated rings. The van der Waals surface area contributed by atoms with E-state index in [9.17, 15) is 22.4 Å². The van der Waals surface area contributed by atoms with Gasteiger partial charge in [0.1, 0.15) is 25.6 Å². The van der Waals surface area contributed by atoms with Gasteiger partial charge < -0.3 is 24.8 Å². The van der Waals surface area contributed by atoms with Crippen LogP contribution in [0, 0.1) is 5.82 Å². The Balaban J connectivity index is 1.62. The number of methoxy groups -OCH3 is 1. The van der Waals surface area contributed by atoms with Crippen LogP contribution in [0.5, 0.6) is 11.5 Å². The van der Waals surface area contributed by atoms with Crippen LogP contribution in [-0.2, 0) is 19.6 Å². The molecule has 0 saturated carbocycles. The maximum absolute atomic E-state index is 14.1. The van der Waals surface area contributed by atoms with Crippen molar-refractivity contribution in [2.24, 2.45) is 0 Å². The van der Waals surface area contributed by atoms with E-state index in [2.05, 4.69) is 10.6 Å². The first kappa shape index (κ1) is 26.9. The number of hydrogen-bond donors (Lipinski definition) is 2. The molecular formula is C26H26FN3O7S. The summed E-state index contributed by atoms with van der Waals surface area (Å²) < 4.78 is 58.1. The number of para-hydroxylation sites is 1. The minimum absolute atomic E-state index is 0.0550. The molecule has 0 aliphatic carbocycles. The van der Waals surface area contributed by atoms with E-state index < -0.39 is 34.2 Å². The molecule has 10 nitrogen and oxygen atoms in total. The van der Waals surface area contributed by atoms with E-state index in [0.717, 1.165) is 16.4 Å². The van der Waals surface area contributed by atoms with Crippen molar-refractivity contribution < 1.29 is 36.6 Å². The van der Waals surface area contributed by atoms with Crippen LogP contribution in [0.1, 0.15) is 10.4 Å². The number of benzene rings is 3. The van der Waals surface area contributed by atoms with Gasteiger partial charge in [-0.25, -0.2) is 12.8 Å². The lowest BCUT2D eigenvalue weighted by atomic mass is 10.1. The van der Waals surface area contributed by atoms with Crippen molar-refractivity contribution in [2.45, 2.75) is 4.90 Å². The summed E-state index contributed by atoms with van der Waals surface area (Å²) in [6.07, 6.45) is 0. The van der Waals surface area contributed by atoms with Crippen molar-refractivity contribution in [1.29, 1.82) is 0 Å². The van der Waals surface area contributed by atoms with E-state index in [1.165, 1.54) is 49.6 Å². The number of nitrogens with zero attached hydrogens (tertiary/aromatic N) is 1. The van der Waals surface area contributed by atoms with Gasteiger partial charge >= 0.3 is 0 Å². The van der Waals surface area contributed by atoms with Crippen LogP contribution in [0.2, 0.25) is 0 Å². The van der Waals surface area contributed by atoms with Gasteiger partial charge in [-0.05, 0) is 42.5 Å². The van der Waals surface area contributed by atoms with Gasteiger partial charge in [0.25, 0.3) is 15.9 Å². The molecule has 0 bridgehead atoms. The molecule has 0 saturated heterocycles. The summed E-state index contributed by atoms with van der Waals surface area (Å²) in [5.41, 5.74) is 0.313. The molecule has 12 heteroatoms.